The molecule has 2 aliphatic heterocycles. The summed E-state index contributed by atoms with van der Waals surface area (Å²) in [5, 5.41) is 3.19. The first-order valence-electron chi connectivity index (χ1n) is 7.70. The minimum atomic E-state index is -1.27. The van der Waals surface area contributed by atoms with Crippen molar-refractivity contribution in [1.29, 1.82) is 0 Å². The second-order valence-electron chi connectivity index (χ2n) is 5.94. The maximum absolute atomic E-state index is 12.5. The molecule has 128 valence electrons. The summed E-state index contributed by atoms with van der Waals surface area (Å²) in [5.41, 5.74) is -0.481. The van der Waals surface area contributed by atoms with E-state index in [4.69, 9.17) is 14.2 Å². The largest absolute Gasteiger partial charge is 0.469 e. The molecule has 0 aromatic heterocycles. The number of methoxy groups -OCH3 is 2. The highest BCUT2D eigenvalue weighted by atomic mass is 16.5. The van der Waals surface area contributed by atoms with E-state index in [0.29, 0.717) is 6.42 Å². The van der Waals surface area contributed by atoms with E-state index in [1.807, 2.05) is 30.3 Å². The Labute approximate surface area is 139 Å². The number of nitrogens with one attached hydrogen (secondary N) is 1. The van der Waals surface area contributed by atoms with Crippen LogP contribution in [-0.2, 0) is 28.6 Å². The molecule has 3 rings (SSSR count). The van der Waals surface area contributed by atoms with Crippen LogP contribution in [-0.4, -0.2) is 44.3 Å². The number of carbonyl (C=O) groups is 3. The molecule has 2 aliphatic rings. The van der Waals surface area contributed by atoms with Crippen molar-refractivity contribution in [2.24, 2.45) is 11.8 Å². The molecule has 2 saturated heterocycles. The summed E-state index contributed by atoms with van der Waals surface area (Å²) in [6.07, 6.45) is 0.294. The van der Waals surface area contributed by atoms with Gasteiger partial charge in [0.25, 0.3) is 0 Å². The second-order valence-corrected chi connectivity index (χ2v) is 5.94. The average molecular weight is 333 g/mol. The quantitative estimate of drug-likeness (QED) is 0.639. The Morgan fingerprint density at radius 1 is 1.17 bits per heavy atom. The number of hydrogen-bond acceptors (Lipinski definition) is 7. The van der Waals surface area contributed by atoms with Gasteiger partial charge in [-0.3, -0.25) is 19.7 Å². The molecule has 0 unspecified atom stereocenters. The van der Waals surface area contributed by atoms with Crippen LogP contribution >= 0.6 is 0 Å². The van der Waals surface area contributed by atoms with E-state index in [2.05, 4.69) is 5.32 Å². The minimum Gasteiger partial charge on any atom is -0.469 e. The smallest absolute Gasteiger partial charge is 0.327 e. The van der Waals surface area contributed by atoms with Gasteiger partial charge in [0.1, 0.15) is 11.5 Å². The second kappa shape index (κ2) is 6.24. The molecular weight excluding hydrogens is 314 g/mol. The Morgan fingerprint density at radius 2 is 1.83 bits per heavy atom. The van der Waals surface area contributed by atoms with Crippen LogP contribution in [0.4, 0.5) is 0 Å². The van der Waals surface area contributed by atoms with Crippen molar-refractivity contribution in [3.05, 3.63) is 35.9 Å². The number of hydrogen-bond donors (Lipinski definition) is 1. The lowest BCUT2D eigenvalue weighted by molar-refractivity contribution is -0.161. The van der Waals surface area contributed by atoms with Gasteiger partial charge in [0.2, 0.25) is 0 Å². The van der Waals surface area contributed by atoms with Crippen LogP contribution in [0.5, 0.6) is 0 Å². The Kier molecular flexibility index (Phi) is 4.28. The summed E-state index contributed by atoms with van der Waals surface area (Å²) in [5.74, 6) is -3.62. The van der Waals surface area contributed by atoms with E-state index in [9.17, 15) is 14.4 Å². The lowest BCUT2D eigenvalue weighted by Gasteiger charge is -2.26. The highest BCUT2D eigenvalue weighted by Gasteiger charge is 2.66. The number of benzene rings is 1. The lowest BCUT2D eigenvalue weighted by atomic mass is 9.77. The number of carbonyl (C=O) groups excluding carboxylic acids is 3. The molecule has 1 N–H and O–H groups in total. The molecule has 1 spiro atoms. The van der Waals surface area contributed by atoms with E-state index >= 15 is 0 Å². The Morgan fingerprint density at radius 3 is 2.38 bits per heavy atom. The zero-order chi connectivity index (χ0) is 17.3. The Bertz CT molecular complexity index is 660. The van der Waals surface area contributed by atoms with Crippen LogP contribution in [0.2, 0.25) is 0 Å². The van der Waals surface area contributed by atoms with Gasteiger partial charge in [0.15, 0.2) is 0 Å². The fourth-order valence-corrected chi connectivity index (χ4v) is 3.74. The number of cyclic esters (lactones) is 1. The fraction of sp³-hybridized carbons (Fsp3) is 0.471. The van der Waals surface area contributed by atoms with E-state index in [-0.39, 0.29) is 6.61 Å². The number of esters is 3. The van der Waals surface area contributed by atoms with Gasteiger partial charge >= 0.3 is 17.9 Å². The summed E-state index contributed by atoms with van der Waals surface area (Å²) in [6.45, 7) is 0.189. The van der Waals surface area contributed by atoms with Gasteiger partial charge in [0, 0.05) is 12.5 Å². The third-order valence-electron chi connectivity index (χ3n) is 4.84. The van der Waals surface area contributed by atoms with Gasteiger partial charge in [-0.15, -0.1) is 0 Å². The van der Waals surface area contributed by atoms with E-state index < -0.39 is 41.3 Å². The van der Waals surface area contributed by atoms with Crippen LogP contribution in [0.15, 0.2) is 30.3 Å². The maximum atomic E-state index is 12.5. The van der Waals surface area contributed by atoms with E-state index in [1.54, 1.807) is 0 Å². The standard InChI is InChI=1S/C17H19NO6/c1-22-14(19)11-12(15(20)23-2)17(8-9-24-16(17)21)18-13(11)10-6-4-3-5-7-10/h3-7,11-13,18H,8-9H2,1-2H3/t11-,12-,13-,17-/m1/s1. The van der Waals surface area contributed by atoms with Crippen molar-refractivity contribution in [3.8, 4) is 0 Å². The van der Waals surface area contributed by atoms with Crippen molar-refractivity contribution in [2.75, 3.05) is 20.8 Å². The summed E-state index contributed by atoms with van der Waals surface area (Å²) in [7, 11) is 2.50. The van der Waals surface area contributed by atoms with Crippen LogP contribution in [0.3, 0.4) is 0 Å². The molecule has 1 aromatic rings. The number of ether oxygens (including phenoxy) is 3. The molecule has 0 amide bonds. The van der Waals surface area contributed by atoms with Crippen LogP contribution in [0.1, 0.15) is 18.0 Å². The molecule has 0 bridgehead atoms. The predicted octanol–water partition coefficient (Wildman–Crippen LogP) is 0.595. The van der Waals surface area contributed by atoms with Crippen molar-refractivity contribution in [3.63, 3.8) is 0 Å². The fourth-order valence-electron chi connectivity index (χ4n) is 3.74. The van der Waals surface area contributed by atoms with Gasteiger partial charge in [0.05, 0.1) is 26.7 Å². The highest BCUT2D eigenvalue weighted by molar-refractivity contribution is 5.95. The molecule has 7 heteroatoms. The minimum absolute atomic E-state index is 0.189. The van der Waals surface area contributed by atoms with Gasteiger partial charge in [-0.1, -0.05) is 30.3 Å². The van der Waals surface area contributed by atoms with Crippen LogP contribution in [0.25, 0.3) is 0 Å². The van der Waals surface area contributed by atoms with Crippen molar-refractivity contribution in [1.82, 2.24) is 5.32 Å². The summed E-state index contributed by atoms with van der Waals surface area (Å²) in [4.78, 5) is 37.3. The van der Waals surface area contributed by atoms with Crippen LogP contribution < -0.4 is 5.32 Å². The normalized spacial score (nSPS) is 31.8. The third kappa shape index (κ3) is 2.36. The predicted molar refractivity (Wildman–Crippen MR) is 81.6 cm³/mol. The van der Waals surface area contributed by atoms with E-state index in [0.717, 1.165) is 5.56 Å². The van der Waals surface area contributed by atoms with Crippen molar-refractivity contribution >= 4 is 17.9 Å². The van der Waals surface area contributed by atoms with Crippen LogP contribution in [0, 0.1) is 11.8 Å². The van der Waals surface area contributed by atoms with Gasteiger partial charge in [-0.2, -0.15) is 0 Å². The summed E-state index contributed by atoms with van der Waals surface area (Å²) in [6, 6.07) is 8.63. The average Bonchev–Trinajstić information content (AvgIpc) is 3.16. The Hall–Kier alpha value is -2.41. The van der Waals surface area contributed by atoms with Crippen molar-refractivity contribution in [2.45, 2.75) is 18.0 Å². The lowest BCUT2D eigenvalue weighted by Crippen LogP contribution is -2.52. The molecule has 24 heavy (non-hydrogen) atoms. The monoisotopic (exact) mass is 333 g/mol. The first-order chi connectivity index (χ1) is 11.5. The SMILES string of the molecule is COC(=O)[C@H]1[C@@H](c2ccccc2)N[C@]2(CCOC2=O)[C@H]1C(=O)OC. The highest BCUT2D eigenvalue weighted by Crippen LogP contribution is 2.48. The first-order valence-corrected chi connectivity index (χ1v) is 7.70. The molecule has 0 saturated carbocycles. The zero-order valence-corrected chi connectivity index (χ0v) is 13.5. The number of rotatable bonds is 3. The molecular formula is C17H19NO6. The molecule has 0 aliphatic carbocycles. The molecule has 7 nitrogen and oxygen atoms in total. The third-order valence-corrected chi connectivity index (χ3v) is 4.84. The maximum Gasteiger partial charge on any atom is 0.327 e. The molecule has 2 heterocycles. The van der Waals surface area contributed by atoms with Gasteiger partial charge in [-0.25, -0.2) is 0 Å². The zero-order valence-electron chi connectivity index (χ0n) is 13.5. The molecule has 0 radical (unpaired) electrons. The summed E-state index contributed by atoms with van der Waals surface area (Å²) < 4.78 is 14.9. The molecule has 2 fully saturated rings. The topological polar surface area (TPSA) is 90.9 Å². The van der Waals surface area contributed by atoms with Gasteiger partial charge in [-0.05, 0) is 5.56 Å². The molecule has 4 atom stereocenters. The van der Waals surface area contributed by atoms with Gasteiger partial charge < -0.3 is 14.2 Å². The first kappa shape index (κ1) is 16.4. The van der Waals surface area contributed by atoms with E-state index in [1.165, 1.54) is 14.2 Å². The Balaban J connectivity index is 2.12. The summed E-state index contributed by atoms with van der Waals surface area (Å²) >= 11 is 0. The van der Waals surface area contributed by atoms with Crippen molar-refractivity contribution < 1.29 is 28.6 Å². The molecule has 1 aromatic carbocycles.